The number of carbonyl (C=O) groups is 1. The summed E-state index contributed by atoms with van der Waals surface area (Å²) in [5.41, 5.74) is 1.14. The second-order valence-electron chi connectivity index (χ2n) is 4.85. The highest BCUT2D eigenvalue weighted by Crippen LogP contribution is 2.17. The van der Waals surface area contributed by atoms with Gasteiger partial charge >= 0.3 is 0 Å². The first-order valence-electron chi connectivity index (χ1n) is 6.68. The molecular formula is C15H16Cl2N2OS. The van der Waals surface area contributed by atoms with Gasteiger partial charge in [-0.05, 0) is 17.5 Å². The first kappa shape index (κ1) is 16.3. The van der Waals surface area contributed by atoms with Crippen LogP contribution in [0, 0.1) is 0 Å². The van der Waals surface area contributed by atoms with Crippen LogP contribution in [0.3, 0.4) is 0 Å². The number of benzene rings is 1. The van der Waals surface area contributed by atoms with Gasteiger partial charge in [0.25, 0.3) is 5.91 Å². The fourth-order valence-electron chi connectivity index (χ4n) is 2.55. The van der Waals surface area contributed by atoms with Gasteiger partial charge in [-0.2, -0.15) is 0 Å². The molecule has 2 aromatic rings. The molecule has 6 heteroatoms. The molecule has 1 aromatic heterocycles. The minimum Gasteiger partial charge on any atom is -1.00 e. The molecule has 0 unspecified atom stereocenters. The van der Waals surface area contributed by atoms with Crippen LogP contribution in [0.25, 0.3) is 0 Å². The number of halogens is 2. The van der Waals surface area contributed by atoms with Crippen molar-refractivity contribution < 1.29 is 22.1 Å². The molecule has 1 aliphatic heterocycles. The van der Waals surface area contributed by atoms with Crippen LogP contribution in [0.15, 0.2) is 41.8 Å². The number of rotatable bonds is 2. The molecule has 2 heterocycles. The van der Waals surface area contributed by atoms with E-state index in [1.165, 1.54) is 16.2 Å². The average Bonchev–Trinajstić information content (AvgIpc) is 3.01. The summed E-state index contributed by atoms with van der Waals surface area (Å²) in [6.45, 7) is 3.36. The molecule has 3 nitrogen and oxygen atoms in total. The van der Waals surface area contributed by atoms with Crippen LogP contribution in [0.4, 0.5) is 5.69 Å². The molecule has 1 aliphatic rings. The van der Waals surface area contributed by atoms with Crippen molar-refractivity contribution >= 4 is 34.5 Å². The number of amides is 1. The highest BCUT2D eigenvalue weighted by Gasteiger charge is 2.26. The van der Waals surface area contributed by atoms with Crippen LogP contribution < -0.4 is 17.3 Å². The van der Waals surface area contributed by atoms with Gasteiger partial charge in [-0.3, -0.25) is 9.69 Å². The molecule has 1 N–H and O–H groups in total. The van der Waals surface area contributed by atoms with Crippen molar-refractivity contribution in [3.63, 3.8) is 0 Å². The highest BCUT2D eigenvalue weighted by molar-refractivity contribution is 7.12. The Labute approximate surface area is 139 Å². The summed E-state index contributed by atoms with van der Waals surface area (Å²) in [6, 6.07) is 11.8. The van der Waals surface area contributed by atoms with Crippen LogP contribution >= 0.6 is 22.9 Å². The van der Waals surface area contributed by atoms with Gasteiger partial charge in [-0.15, -0.1) is 11.3 Å². The lowest BCUT2D eigenvalue weighted by Gasteiger charge is -2.32. The Morgan fingerprint density at radius 1 is 1.14 bits per heavy atom. The number of hydrogen-bond donors (Lipinski definition) is 1. The van der Waals surface area contributed by atoms with Crippen LogP contribution in [-0.2, 0) is 0 Å². The summed E-state index contributed by atoms with van der Waals surface area (Å²) in [5.74, 6) is 0.151. The number of nitrogens with one attached hydrogen (secondary N) is 1. The van der Waals surface area contributed by atoms with E-state index < -0.39 is 0 Å². The molecule has 0 atom stereocenters. The van der Waals surface area contributed by atoms with Crippen LogP contribution in [0.1, 0.15) is 9.67 Å². The number of quaternary nitrogens is 1. The van der Waals surface area contributed by atoms with Crippen LogP contribution in [0.5, 0.6) is 0 Å². The van der Waals surface area contributed by atoms with Gasteiger partial charge in [-0.25, -0.2) is 0 Å². The number of nitrogens with zero attached hydrogens (tertiary/aromatic N) is 1. The van der Waals surface area contributed by atoms with E-state index in [-0.39, 0.29) is 18.3 Å². The minimum atomic E-state index is 0. The third kappa shape index (κ3) is 3.58. The van der Waals surface area contributed by atoms with Gasteiger partial charge in [0.1, 0.15) is 10.7 Å². The zero-order chi connectivity index (χ0) is 13.9. The van der Waals surface area contributed by atoms with E-state index in [1.807, 2.05) is 40.6 Å². The molecule has 1 saturated heterocycles. The molecule has 0 spiro atoms. The zero-order valence-electron chi connectivity index (χ0n) is 11.4. The second kappa shape index (κ2) is 7.27. The van der Waals surface area contributed by atoms with Crippen LogP contribution in [-0.4, -0.2) is 37.0 Å². The third-order valence-electron chi connectivity index (χ3n) is 3.64. The van der Waals surface area contributed by atoms with Gasteiger partial charge in [0.15, 0.2) is 0 Å². The number of thiophene rings is 1. The van der Waals surface area contributed by atoms with E-state index in [9.17, 15) is 4.79 Å². The summed E-state index contributed by atoms with van der Waals surface area (Å²) in [7, 11) is 0. The molecular weight excluding hydrogens is 327 g/mol. The standard InChI is InChI=1S/C15H15ClN2OS.ClH/c16-12-4-1-2-5-13(12)17-7-9-18(10-8-17)15(19)14-6-3-11-20-14;/h1-6,11H,7-10H2;1H. The van der Waals surface area contributed by atoms with Crippen molar-refractivity contribution in [3.8, 4) is 0 Å². The smallest absolute Gasteiger partial charge is 0.264 e. The quantitative estimate of drug-likeness (QED) is 0.750. The SMILES string of the molecule is O=C(c1cccs1)N1CC[NH+](c2ccccc2Cl)CC1.[Cl-]. The molecule has 1 amide bonds. The molecule has 21 heavy (non-hydrogen) atoms. The van der Waals surface area contributed by atoms with E-state index >= 15 is 0 Å². The van der Waals surface area contributed by atoms with E-state index in [1.54, 1.807) is 0 Å². The first-order valence-corrected chi connectivity index (χ1v) is 7.94. The first-order chi connectivity index (χ1) is 9.75. The van der Waals surface area contributed by atoms with Crippen molar-refractivity contribution in [2.45, 2.75) is 0 Å². The van der Waals surface area contributed by atoms with E-state index in [4.69, 9.17) is 11.6 Å². The fraction of sp³-hybridized carbons (Fsp3) is 0.267. The molecule has 0 aliphatic carbocycles. The third-order valence-corrected chi connectivity index (χ3v) is 4.83. The van der Waals surface area contributed by atoms with Gasteiger partial charge in [0, 0.05) is 6.07 Å². The molecule has 0 radical (unpaired) electrons. The number of piperazine rings is 1. The lowest BCUT2D eigenvalue weighted by molar-refractivity contribution is -0.837. The Balaban J connectivity index is 0.00000161. The highest BCUT2D eigenvalue weighted by atomic mass is 35.5. The topological polar surface area (TPSA) is 24.8 Å². The normalized spacial score (nSPS) is 15.6. The summed E-state index contributed by atoms with van der Waals surface area (Å²) < 4.78 is 0. The van der Waals surface area contributed by atoms with Crippen LogP contribution in [0.2, 0.25) is 5.02 Å². The van der Waals surface area contributed by atoms with E-state index in [2.05, 4.69) is 6.07 Å². The predicted molar refractivity (Wildman–Crippen MR) is 82.0 cm³/mol. The summed E-state index contributed by atoms with van der Waals surface area (Å²) in [6.07, 6.45) is 0. The molecule has 1 aromatic carbocycles. The monoisotopic (exact) mass is 342 g/mol. The number of hydrogen-bond acceptors (Lipinski definition) is 2. The van der Waals surface area contributed by atoms with Gasteiger partial charge in [-0.1, -0.05) is 29.8 Å². The molecule has 112 valence electrons. The van der Waals surface area contributed by atoms with Gasteiger partial charge in [0.05, 0.1) is 31.1 Å². The van der Waals surface area contributed by atoms with E-state index in [0.29, 0.717) is 0 Å². The lowest BCUT2D eigenvalue weighted by Crippen LogP contribution is -3.10. The van der Waals surface area contributed by atoms with Gasteiger partial charge in [0.2, 0.25) is 0 Å². The minimum absolute atomic E-state index is 0. The molecule has 0 saturated carbocycles. The number of carbonyl (C=O) groups excluding carboxylic acids is 1. The Morgan fingerprint density at radius 2 is 1.86 bits per heavy atom. The van der Waals surface area contributed by atoms with Crippen molar-refractivity contribution in [1.82, 2.24) is 4.90 Å². The largest absolute Gasteiger partial charge is 1.00 e. The molecule has 3 rings (SSSR count). The predicted octanol–water partition coefficient (Wildman–Crippen LogP) is -0.922. The second-order valence-corrected chi connectivity index (χ2v) is 6.21. The van der Waals surface area contributed by atoms with E-state index in [0.717, 1.165) is 41.8 Å². The summed E-state index contributed by atoms with van der Waals surface area (Å²) >= 11 is 7.74. The molecule has 0 bridgehead atoms. The van der Waals surface area contributed by atoms with Crippen molar-refractivity contribution in [3.05, 3.63) is 51.7 Å². The maximum absolute atomic E-state index is 12.3. The van der Waals surface area contributed by atoms with Crippen molar-refractivity contribution in [2.75, 3.05) is 26.2 Å². The maximum atomic E-state index is 12.3. The Hall–Kier alpha value is -1.07. The molecule has 1 fully saturated rings. The Kier molecular flexibility index (Phi) is 5.65. The zero-order valence-corrected chi connectivity index (χ0v) is 13.7. The Morgan fingerprint density at radius 3 is 2.48 bits per heavy atom. The van der Waals surface area contributed by atoms with Crippen molar-refractivity contribution in [1.29, 1.82) is 0 Å². The fourth-order valence-corrected chi connectivity index (χ4v) is 3.51. The Bertz CT molecular complexity index is 595. The average molecular weight is 343 g/mol. The van der Waals surface area contributed by atoms with Gasteiger partial charge < -0.3 is 17.3 Å². The maximum Gasteiger partial charge on any atom is 0.264 e. The summed E-state index contributed by atoms with van der Waals surface area (Å²) in [4.78, 5) is 16.4. The number of para-hydroxylation sites is 1. The van der Waals surface area contributed by atoms with Crippen molar-refractivity contribution in [2.24, 2.45) is 0 Å². The summed E-state index contributed by atoms with van der Waals surface area (Å²) in [5, 5.41) is 2.75. The lowest BCUT2D eigenvalue weighted by atomic mass is 10.2.